The van der Waals surface area contributed by atoms with Gasteiger partial charge in [-0.05, 0) is 30.5 Å². The van der Waals surface area contributed by atoms with Crippen molar-refractivity contribution in [1.82, 2.24) is 10.3 Å². The van der Waals surface area contributed by atoms with E-state index in [4.69, 9.17) is 0 Å². The Morgan fingerprint density at radius 3 is 2.65 bits per heavy atom. The van der Waals surface area contributed by atoms with Crippen LogP contribution in [0.5, 0.6) is 0 Å². The number of nitrogens with zero attached hydrogens (tertiary/aromatic N) is 1. The molecule has 2 aromatic rings. The van der Waals surface area contributed by atoms with Crippen LogP contribution in [0.15, 0.2) is 48.7 Å². The van der Waals surface area contributed by atoms with Crippen LogP contribution in [0.3, 0.4) is 0 Å². The molecule has 1 aromatic carbocycles. The van der Waals surface area contributed by atoms with E-state index in [1.165, 1.54) is 24.8 Å². The van der Waals surface area contributed by atoms with Gasteiger partial charge in [0.25, 0.3) is 5.91 Å². The fourth-order valence-corrected chi connectivity index (χ4v) is 2.97. The van der Waals surface area contributed by atoms with Gasteiger partial charge in [0.05, 0.1) is 0 Å². The maximum Gasteiger partial charge on any atom is 0.270 e. The van der Waals surface area contributed by atoms with Crippen LogP contribution in [0.1, 0.15) is 48.2 Å². The highest BCUT2D eigenvalue weighted by Crippen LogP contribution is 2.18. The Morgan fingerprint density at radius 2 is 1.87 bits per heavy atom. The van der Waals surface area contributed by atoms with E-state index >= 15 is 0 Å². The van der Waals surface area contributed by atoms with Crippen molar-refractivity contribution >= 4 is 11.6 Å². The van der Waals surface area contributed by atoms with E-state index in [9.17, 15) is 4.79 Å². The van der Waals surface area contributed by atoms with Gasteiger partial charge in [0, 0.05) is 24.5 Å². The lowest BCUT2D eigenvalue weighted by molar-refractivity contribution is 0.0922. The zero-order valence-corrected chi connectivity index (χ0v) is 13.3. The van der Waals surface area contributed by atoms with Crippen molar-refractivity contribution in [3.8, 4) is 0 Å². The molecule has 4 nitrogen and oxygen atoms in total. The van der Waals surface area contributed by atoms with Crippen molar-refractivity contribution < 1.29 is 4.79 Å². The number of pyridine rings is 1. The number of carbonyl (C=O) groups is 1. The van der Waals surface area contributed by atoms with E-state index in [1.54, 1.807) is 6.20 Å². The third-order valence-corrected chi connectivity index (χ3v) is 4.27. The number of rotatable bonds is 5. The molecule has 120 valence electrons. The largest absolute Gasteiger partial charge is 0.381 e. The summed E-state index contributed by atoms with van der Waals surface area (Å²) in [5, 5.41) is 6.45. The molecule has 0 unspecified atom stereocenters. The van der Waals surface area contributed by atoms with Crippen LogP contribution in [0.4, 0.5) is 5.69 Å². The molecular formula is C19H23N3O. The summed E-state index contributed by atoms with van der Waals surface area (Å²) in [6.07, 6.45) is 7.54. The molecule has 1 aliphatic carbocycles. The number of carbonyl (C=O) groups excluding carboxylic acids is 1. The lowest BCUT2D eigenvalue weighted by Gasteiger charge is -2.22. The zero-order valence-electron chi connectivity index (χ0n) is 13.3. The third-order valence-electron chi connectivity index (χ3n) is 4.27. The summed E-state index contributed by atoms with van der Waals surface area (Å²) in [6.45, 7) is 0.731. The first-order chi connectivity index (χ1) is 11.3. The van der Waals surface area contributed by atoms with Crippen molar-refractivity contribution in [2.75, 3.05) is 5.32 Å². The Kier molecular flexibility index (Phi) is 5.25. The number of aromatic nitrogens is 1. The van der Waals surface area contributed by atoms with Crippen LogP contribution in [0.2, 0.25) is 0 Å². The van der Waals surface area contributed by atoms with Crippen LogP contribution < -0.4 is 10.6 Å². The van der Waals surface area contributed by atoms with Crippen molar-refractivity contribution in [2.45, 2.75) is 44.7 Å². The van der Waals surface area contributed by atoms with Crippen LogP contribution in [0, 0.1) is 0 Å². The standard InChI is InChI=1S/C19H23N3O/c23-19(22-16-9-5-2-6-10-16)18-13-17(11-12-20-18)21-14-15-7-3-1-4-8-15/h1,3-4,7-8,11-13,16H,2,5-6,9-10,14H2,(H,20,21)(H,22,23). The van der Waals surface area contributed by atoms with Crippen molar-refractivity contribution in [1.29, 1.82) is 0 Å². The number of benzene rings is 1. The summed E-state index contributed by atoms with van der Waals surface area (Å²) in [5.74, 6) is -0.0692. The van der Waals surface area contributed by atoms with Crippen molar-refractivity contribution in [3.63, 3.8) is 0 Å². The molecule has 1 saturated carbocycles. The summed E-state index contributed by atoms with van der Waals surface area (Å²) in [5.41, 5.74) is 2.60. The second-order valence-electron chi connectivity index (χ2n) is 6.08. The van der Waals surface area contributed by atoms with Gasteiger partial charge in [-0.1, -0.05) is 49.6 Å². The number of hydrogen-bond donors (Lipinski definition) is 2. The molecule has 3 rings (SSSR count). The predicted molar refractivity (Wildman–Crippen MR) is 92.3 cm³/mol. The average Bonchev–Trinajstić information content (AvgIpc) is 2.62. The summed E-state index contributed by atoms with van der Waals surface area (Å²) in [6, 6.07) is 14.2. The highest BCUT2D eigenvalue weighted by Gasteiger charge is 2.17. The van der Waals surface area contributed by atoms with Crippen LogP contribution >= 0.6 is 0 Å². The first-order valence-electron chi connectivity index (χ1n) is 8.36. The Bertz CT molecular complexity index is 636. The number of amides is 1. The average molecular weight is 309 g/mol. The molecular weight excluding hydrogens is 286 g/mol. The Hall–Kier alpha value is -2.36. The van der Waals surface area contributed by atoms with Crippen LogP contribution in [-0.2, 0) is 6.54 Å². The molecule has 2 N–H and O–H groups in total. The lowest BCUT2D eigenvalue weighted by atomic mass is 9.95. The van der Waals surface area contributed by atoms with Gasteiger partial charge in [0.15, 0.2) is 0 Å². The molecule has 1 aromatic heterocycles. The zero-order chi connectivity index (χ0) is 15.9. The van der Waals surface area contributed by atoms with Crippen molar-refractivity contribution in [2.24, 2.45) is 0 Å². The molecule has 1 amide bonds. The monoisotopic (exact) mass is 309 g/mol. The van der Waals surface area contributed by atoms with E-state index in [0.29, 0.717) is 11.7 Å². The normalized spacial score (nSPS) is 15.1. The number of anilines is 1. The second-order valence-corrected chi connectivity index (χ2v) is 6.08. The van der Waals surface area contributed by atoms with Gasteiger partial charge in [0.1, 0.15) is 5.69 Å². The Labute approximate surface area is 137 Å². The summed E-state index contributed by atoms with van der Waals surface area (Å²) in [7, 11) is 0. The van der Waals surface area contributed by atoms with Gasteiger partial charge in [-0.3, -0.25) is 9.78 Å². The van der Waals surface area contributed by atoms with Gasteiger partial charge in [-0.2, -0.15) is 0 Å². The molecule has 0 aliphatic heterocycles. The Morgan fingerprint density at radius 1 is 1.09 bits per heavy atom. The van der Waals surface area contributed by atoms with E-state index in [1.807, 2.05) is 30.3 Å². The smallest absolute Gasteiger partial charge is 0.270 e. The molecule has 1 aliphatic rings. The third kappa shape index (κ3) is 4.55. The van der Waals surface area contributed by atoms with E-state index in [0.717, 1.165) is 25.1 Å². The van der Waals surface area contributed by atoms with E-state index in [-0.39, 0.29) is 5.91 Å². The Balaban J connectivity index is 1.59. The maximum atomic E-state index is 12.3. The lowest BCUT2D eigenvalue weighted by Crippen LogP contribution is -2.36. The van der Waals surface area contributed by atoms with Gasteiger partial charge >= 0.3 is 0 Å². The van der Waals surface area contributed by atoms with Gasteiger partial charge in [-0.15, -0.1) is 0 Å². The molecule has 1 fully saturated rings. The molecule has 1 heterocycles. The summed E-state index contributed by atoms with van der Waals surface area (Å²) < 4.78 is 0. The van der Waals surface area contributed by atoms with Gasteiger partial charge in [0.2, 0.25) is 0 Å². The fourth-order valence-electron chi connectivity index (χ4n) is 2.97. The molecule has 4 heteroatoms. The molecule has 23 heavy (non-hydrogen) atoms. The minimum absolute atomic E-state index is 0.0692. The first kappa shape index (κ1) is 15.5. The maximum absolute atomic E-state index is 12.3. The first-order valence-corrected chi connectivity index (χ1v) is 8.36. The van der Waals surface area contributed by atoms with Gasteiger partial charge in [-0.25, -0.2) is 0 Å². The number of hydrogen-bond acceptors (Lipinski definition) is 3. The molecule has 0 bridgehead atoms. The minimum Gasteiger partial charge on any atom is -0.381 e. The minimum atomic E-state index is -0.0692. The molecule has 0 spiro atoms. The predicted octanol–water partition coefficient (Wildman–Crippen LogP) is 3.76. The van der Waals surface area contributed by atoms with E-state index < -0.39 is 0 Å². The molecule has 0 atom stereocenters. The van der Waals surface area contributed by atoms with E-state index in [2.05, 4.69) is 27.8 Å². The topological polar surface area (TPSA) is 54.0 Å². The highest BCUT2D eigenvalue weighted by atomic mass is 16.1. The highest BCUT2D eigenvalue weighted by molar-refractivity contribution is 5.93. The molecule has 0 radical (unpaired) electrons. The fraction of sp³-hybridized carbons (Fsp3) is 0.368. The molecule has 0 saturated heterocycles. The van der Waals surface area contributed by atoms with Gasteiger partial charge < -0.3 is 10.6 Å². The van der Waals surface area contributed by atoms with Crippen molar-refractivity contribution in [3.05, 3.63) is 59.9 Å². The second kappa shape index (κ2) is 7.77. The number of nitrogens with one attached hydrogen (secondary N) is 2. The SMILES string of the molecule is O=C(NC1CCCCC1)c1cc(NCc2ccccc2)ccn1. The van der Waals surface area contributed by atoms with Crippen LogP contribution in [0.25, 0.3) is 0 Å². The summed E-state index contributed by atoms with van der Waals surface area (Å²) >= 11 is 0. The van der Waals surface area contributed by atoms with Crippen LogP contribution in [-0.4, -0.2) is 16.9 Å². The quantitative estimate of drug-likeness (QED) is 0.884. The summed E-state index contributed by atoms with van der Waals surface area (Å²) in [4.78, 5) is 16.5.